The molecule has 0 aliphatic carbocycles. The summed E-state index contributed by atoms with van der Waals surface area (Å²) in [5, 5.41) is 0. The third-order valence-electron chi connectivity index (χ3n) is 4.01. The van der Waals surface area contributed by atoms with Crippen LogP contribution in [0.1, 0.15) is 117 Å². The van der Waals surface area contributed by atoms with Crippen molar-refractivity contribution in [3.05, 3.63) is 0 Å². The maximum atomic E-state index is 4.85. The van der Waals surface area contributed by atoms with Crippen molar-refractivity contribution in [2.45, 2.75) is 117 Å². The van der Waals surface area contributed by atoms with Gasteiger partial charge in [-0.25, -0.2) is 0 Å². The topological polar surface area (TPSA) is 26.0 Å². The van der Waals surface area contributed by atoms with Crippen LogP contribution in [-0.4, -0.2) is 12.3 Å². The van der Waals surface area contributed by atoms with E-state index in [1.165, 1.54) is 103 Å². The Bertz CT molecular complexity index is 146. The molecule has 0 aromatic heterocycles. The lowest BCUT2D eigenvalue weighted by atomic mass is 10.0. The van der Waals surface area contributed by atoms with Gasteiger partial charge in [0.25, 0.3) is 0 Å². The van der Waals surface area contributed by atoms with E-state index in [2.05, 4.69) is 19.6 Å². The molecule has 2 heteroatoms. The zero-order valence-corrected chi connectivity index (χ0v) is 16.6. The fraction of sp³-hybridized carbons (Fsp3) is 1.00. The first kappa shape index (κ1) is 24.6. The molecule has 0 unspecified atom stereocenters. The van der Waals surface area contributed by atoms with Gasteiger partial charge in [0.2, 0.25) is 0 Å². The fourth-order valence-corrected chi connectivity index (χ4v) is 2.88. The second-order valence-electron chi connectivity index (χ2n) is 6.44. The zero-order valence-electron chi connectivity index (χ0n) is 15.8. The molecule has 0 atom stereocenters. The minimum atomic E-state index is 0.750. The van der Waals surface area contributed by atoms with Crippen molar-refractivity contribution in [1.82, 2.24) is 0 Å². The van der Waals surface area contributed by atoms with E-state index in [9.17, 15) is 0 Å². The van der Waals surface area contributed by atoms with Gasteiger partial charge in [0.05, 0.1) is 0 Å². The van der Waals surface area contributed by atoms with Gasteiger partial charge in [-0.3, -0.25) is 0 Å². The van der Waals surface area contributed by atoms with E-state index in [4.69, 9.17) is 5.73 Å². The highest BCUT2D eigenvalue weighted by molar-refractivity contribution is 7.80. The van der Waals surface area contributed by atoms with Crippen molar-refractivity contribution in [3.63, 3.8) is 0 Å². The molecular weight excluding hydrogens is 286 g/mol. The maximum Gasteiger partial charge on any atom is -0.00979 e. The molecule has 2 N–H and O–H groups in total. The molecule has 0 aliphatic heterocycles. The van der Waals surface area contributed by atoms with Crippen LogP contribution in [0.3, 0.4) is 0 Å². The Labute approximate surface area is 147 Å². The van der Waals surface area contributed by atoms with Crippen molar-refractivity contribution in [1.29, 1.82) is 0 Å². The van der Waals surface area contributed by atoms with E-state index in [1.807, 2.05) is 6.92 Å². The first-order chi connectivity index (χ1) is 10.8. The fourth-order valence-electron chi connectivity index (χ4n) is 2.66. The van der Waals surface area contributed by atoms with Crippen LogP contribution >= 0.6 is 12.6 Å². The average Bonchev–Trinajstić information content (AvgIpc) is 2.52. The molecule has 136 valence electrons. The van der Waals surface area contributed by atoms with Crippen molar-refractivity contribution in [2.75, 3.05) is 12.3 Å². The normalized spacial score (nSPS) is 10.4. The Balaban J connectivity index is 0. The molecule has 22 heavy (non-hydrogen) atoms. The van der Waals surface area contributed by atoms with Crippen LogP contribution in [0, 0.1) is 0 Å². The Morgan fingerprint density at radius 2 is 0.727 bits per heavy atom. The molecule has 0 saturated heterocycles. The summed E-state index contributed by atoms with van der Waals surface area (Å²) >= 11 is 4.24. The Hall–Kier alpha value is 0.310. The highest BCUT2D eigenvalue weighted by Crippen LogP contribution is 2.13. The lowest BCUT2D eigenvalue weighted by Gasteiger charge is -2.03. The molecule has 0 saturated carbocycles. The van der Waals surface area contributed by atoms with Crippen LogP contribution in [0.4, 0.5) is 0 Å². The molecule has 0 bridgehead atoms. The van der Waals surface area contributed by atoms with Gasteiger partial charge in [-0.15, -0.1) is 0 Å². The minimum absolute atomic E-state index is 0.750. The third-order valence-corrected chi connectivity index (χ3v) is 4.33. The van der Waals surface area contributed by atoms with Gasteiger partial charge in [-0.05, 0) is 18.7 Å². The first-order valence-corrected chi connectivity index (χ1v) is 10.8. The quantitative estimate of drug-likeness (QED) is 0.228. The maximum absolute atomic E-state index is 4.85. The smallest absolute Gasteiger partial charge is 0.00979 e. The summed E-state index contributed by atoms with van der Waals surface area (Å²) in [6.07, 6.45) is 23.1. The summed E-state index contributed by atoms with van der Waals surface area (Å²) < 4.78 is 0. The molecule has 1 nitrogen and oxygen atoms in total. The minimum Gasteiger partial charge on any atom is -0.331 e. The summed E-state index contributed by atoms with van der Waals surface area (Å²) in [5.41, 5.74) is 4.85. The van der Waals surface area contributed by atoms with E-state index in [0.717, 1.165) is 12.3 Å². The largest absolute Gasteiger partial charge is 0.331 e. The number of hydrogen-bond acceptors (Lipinski definition) is 2. The second-order valence-corrected chi connectivity index (χ2v) is 6.88. The SMILES string of the molecule is CCCCCCCCCCCCCCCCCCS.CCN. The predicted molar refractivity (Wildman–Crippen MR) is 108 cm³/mol. The molecular formula is C20H45NS. The standard InChI is InChI=1S/C18H38S.C2H7N/c1-2-3-4-5-6-7-8-9-10-11-12-13-14-15-16-17-18-19;1-2-3/h19H,2-18H2,1H3;2-3H2,1H3. The molecule has 0 rings (SSSR count). The van der Waals surface area contributed by atoms with Crippen LogP contribution in [0.5, 0.6) is 0 Å². The molecule has 0 spiro atoms. The van der Waals surface area contributed by atoms with Gasteiger partial charge in [-0.2, -0.15) is 12.6 Å². The molecule has 0 radical (unpaired) electrons. The third kappa shape index (κ3) is 28.5. The monoisotopic (exact) mass is 331 g/mol. The molecule has 0 heterocycles. The average molecular weight is 332 g/mol. The van der Waals surface area contributed by atoms with Gasteiger partial charge in [0.1, 0.15) is 0 Å². The summed E-state index contributed by atoms with van der Waals surface area (Å²) in [4.78, 5) is 0. The van der Waals surface area contributed by atoms with Crippen LogP contribution in [-0.2, 0) is 0 Å². The second kappa shape index (κ2) is 26.2. The van der Waals surface area contributed by atoms with Crippen LogP contribution in [0.25, 0.3) is 0 Å². The van der Waals surface area contributed by atoms with E-state index in [0.29, 0.717) is 0 Å². The van der Waals surface area contributed by atoms with Gasteiger partial charge in [-0.1, -0.05) is 110 Å². The van der Waals surface area contributed by atoms with Crippen LogP contribution < -0.4 is 5.73 Å². The Morgan fingerprint density at radius 3 is 0.955 bits per heavy atom. The van der Waals surface area contributed by atoms with Gasteiger partial charge < -0.3 is 5.73 Å². The highest BCUT2D eigenvalue weighted by Gasteiger charge is 1.94. The van der Waals surface area contributed by atoms with Crippen molar-refractivity contribution >= 4 is 12.6 Å². The molecule has 0 aromatic rings. The van der Waals surface area contributed by atoms with E-state index >= 15 is 0 Å². The Kier molecular flexibility index (Phi) is 29.3. The van der Waals surface area contributed by atoms with Gasteiger partial charge in [0.15, 0.2) is 0 Å². The molecule has 0 aromatic carbocycles. The summed E-state index contributed by atoms with van der Waals surface area (Å²) in [5.74, 6) is 1.07. The number of hydrogen-bond donors (Lipinski definition) is 2. The number of nitrogens with two attached hydrogens (primary N) is 1. The van der Waals surface area contributed by atoms with E-state index < -0.39 is 0 Å². The molecule has 0 fully saturated rings. The molecule has 0 aliphatic rings. The van der Waals surface area contributed by atoms with Gasteiger partial charge in [0, 0.05) is 0 Å². The lowest BCUT2D eigenvalue weighted by molar-refractivity contribution is 0.532. The predicted octanol–water partition coefficient (Wildman–Crippen LogP) is 7.14. The van der Waals surface area contributed by atoms with Crippen LogP contribution in [0.2, 0.25) is 0 Å². The van der Waals surface area contributed by atoms with Crippen molar-refractivity contribution in [2.24, 2.45) is 5.73 Å². The molecule has 0 amide bonds. The number of rotatable bonds is 16. The highest BCUT2D eigenvalue weighted by atomic mass is 32.1. The van der Waals surface area contributed by atoms with E-state index in [-0.39, 0.29) is 0 Å². The lowest BCUT2D eigenvalue weighted by Crippen LogP contribution is -1.87. The first-order valence-electron chi connectivity index (χ1n) is 10.1. The summed E-state index contributed by atoms with van der Waals surface area (Å²) in [7, 11) is 0. The summed E-state index contributed by atoms with van der Waals surface area (Å²) in [6, 6.07) is 0. The van der Waals surface area contributed by atoms with Gasteiger partial charge >= 0.3 is 0 Å². The number of thiol groups is 1. The van der Waals surface area contributed by atoms with Crippen molar-refractivity contribution < 1.29 is 0 Å². The number of unbranched alkanes of at least 4 members (excludes halogenated alkanes) is 15. The zero-order chi connectivity index (χ0) is 16.7. The summed E-state index contributed by atoms with van der Waals surface area (Å²) in [6.45, 7) is 4.94. The van der Waals surface area contributed by atoms with Crippen molar-refractivity contribution in [3.8, 4) is 0 Å². The van der Waals surface area contributed by atoms with Crippen LogP contribution in [0.15, 0.2) is 0 Å². The Morgan fingerprint density at radius 1 is 0.500 bits per heavy atom. The van der Waals surface area contributed by atoms with E-state index in [1.54, 1.807) is 0 Å².